The molecule has 1 aromatic carbocycles. The predicted molar refractivity (Wildman–Crippen MR) is 84.9 cm³/mol. The van der Waals surface area contributed by atoms with Crippen LogP contribution in [-0.4, -0.2) is 13.2 Å². The Balaban J connectivity index is 1.74. The van der Waals surface area contributed by atoms with E-state index >= 15 is 0 Å². The first-order valence-corrected chi connectivity index (χ1v) is 7.93. The maximum absolute atomic E-state index is 6.08. The average Bonchev–Trinajstić information content (AvgIpc) is 2.47. The maximum Gasteiger partial charge on any atom is 0.119 e. The van der Waals surface area contributed by atoms with Gasteiger partial charge < -0.3 is 10.5 Å². The molecular weight excluding hydrogens is 246 g/mol. The van der Waals surface area contributed by atoms with Crippen molar-refractivity contribution in [3.63, 3.8) is 0 Å². The van der Waals surface area contributed by atoms with E-state index in [0.717, 1.165) is 25.3 Å². The molecule has 2 N–H and O–H groups in total. The summed E-state index contributed by atoms with van der Waals surface area (Å²) in [5.74, 6) is 0.971. The molecule has 1 fully saturated rings. The normalized spacial score (nSPS) is 20.6. The van der Waals surface area contributed by atoms with Crippen molar-refractivity contribution in [2.75, 3.05) is 13.2 Å². The minimum atomic E-state index is 0.371. The van der Waals surface area contributed by atoms with E-state index < -0.39 is 0 Å². The molecule has 0 unspecified atom stereocenters. The molecule has 0 amide bonds. The number of benzene rings is 1. The van der Waals surface area contributed by atoms with Crippen molar-refractivity contribution < 1.29 is 4.74 Å². The van der Waals surface area contributed by atoms with Crippen LogP contribution in [0.5, 0.6) is 5.75 Å². The van der Waals surface area contributed by atoms with Crippen LogP contribution in [0.4, 0.5) is 0 Å². The quantitative estimate of drug-likeness (QED) is 0.781. The highest BCUT2D eigenvalue weighted by Gasteiger charge is 2.36. The molecule has 0 saturated heterocycles. The standard InChI is InChI=1S/C18H29NO/c1-17(2)10-12-18(15-19,13-11-17)9-6-14-20-16-7-4-3-5-8-16/h3-5,7-8H,6,9-15,19H2,1-2H3. The second-order valence-corrected chi connectivity index (χ2v) is 7.13. The summed E-state index contributed by atoms with van der Waals surface area (Å²) in [6.07, 6.45) is 7.48. The number of para-hydroxylation sites is 1. The molecule has 0 spiro atoms. The fraction of sp³-hybridized carbons (Fsp3) is 0.667. The summed E-state index contributed by atoms with van der Waals surface area (Å²) in [6, 6.07) is 10.1. The van der Waals surface area contributed by atoms with Gasteiger partial charge in [0.05, 0.1) is 6.61 Å². The highest BCUT2D eigenvalue weighted by molar-refractivity contribution is 5.20. The summed E-state index contributed by atoms with van der Waals surface area (Å²) >= 11 is 0. The second kappa shape index (κ2) is 6.62. The van der Waals surface area contributed by atoms with Crippen molar-refractivity contribution in [1.29, 1.82) is 0 Å². The van der Waals surface area contributed by atoms with E-state index in [2.05, 4.69) is 13.8 Å². The Labute approximate surface area is 123 Å². The van der Waals surface area contributed by atoms with E-state index in [4.69, 9.17) is 10.5 Å². The summed E-state index contributed by atoms with van der Waals surface area (Å²) in [6.45, 7) is 6.39. The van der Waals surface area contributed by atoms with Crippen molar-refractivity contribution >= 4 is 0 Å². The minimum Gasteiger partial charge on any atom is -0.494 e. The van der Waals surface area contributed by atoms with Crippen LogP contribution < -0.4 is 10.5 Å². The van der Waals surface area contributed by atoms with E-state index in [1.807, 2.05) is 30.3 Å². The number of hydrogen-bond acceptors (Lipinski definition) is 2. The van der Waals surface area contributed by atoms with Gasteiger partial charge in [0.2, 0.25) is 0 Å². The van der Waals surface area contributed by atoms with E-state index in [9.17, 15) is 0 Å². The van der Waals surface area contributed by atoms with Crippen LogP contribution in [0.15, 0.2) is 30.3 Å². The molecule has 0 atom stereocenters. The van der Waals surface area contributed by atoms with Crippen LogP contribution in [0.25, 0.3) is 0 Å². The zero-order valence-electron chi connectivity index (χ0n) is 13.0. The second-order valence-electron chi connectivity index (χ2n) is 7.13. The van der Waals surface area contributed by atoms with Gasteiger partial charge in [-0.1, -0.05) is 32.0 Å². The van der Waals surface area contributed by atoms with Gasteiger partial charge in [-0.25, -0.2) is 0 Å². The SMILES string of the molecule is CC1(C)CCC(CN)(CCCOc2ccccc2)CC1. The van der Waals surface area contributed by atoms with Gasteiger partial charge in [0.15, 0.2) is 0 Å². The lowest BCUT2D eigenvalue weighted by atomic mass is 9.63. The molecule has 2 heteroatoms. The molecule has 0 radical (unpaired) electrons. The first-order chi connectivity index (χ1) is 9.55. The van der Waals surface area contributed by atoms with Crippen LogP contribution in [0.3, 0.4) is 0 Å². The molecule has 1 aromatic rings. The molecule has 1 saturated carbocycles. The predicted octanol–water partition coefficient (Wildman–Crippen LogP) is 4.39. The van der Waals surface area contributed by atoms with Crippen molar-refractivity contribution in [2.24, 2.45) is 16.6 Å². The highest BCUT2D eigenvalue weighted by atomic mass is 16.5. The molecule has 0 bridgehead atoms. The van der Waals surface area contributed by atoms with Gasteiger partial charge in [-0.05, 0) is 68.0 Å². The Morgan fingerprint density at radius 2 is 1.70 bits per heavy atom. The number of nitrogens with two attached hydrogens (primary N) is 1. The summed E-state index contributed by atoms with van der Waals surface area (Å²) in [7, 11) is 0. The summed E-state index contributed by atoms with van der Waals surface area (Å²) in [4.78, 5) is 0. The third-order valence-electron chi connectivity index (χ3n) is 4.96. The zero-order valence-corrected chi connectivity index (χ0v) is 13.0. The maximum atomic E-state index is 6.08. The van der Waals surface area contributed by atoms with Crippen LogP contribution >= 0.6 is 0 Å². The molecule has 2 rings (SSSR count). The lowest BCUT2D eigenvalue weighted by Gasteiger charge is -2.43. The van der Waals surface area contributed by atoms with Crippen molar-refractivity contribution in [3.8, 4) is 5.75 Å². The van der Waals surface area contributed by atoms with Gasteiger partial charge in [-0.2, -0.15) is 0 Å². The Morgan fingerprint density at radius 1 is 1.05 bits per heavy atom. The zero-order chi connectivity index (χ0) is 14.5. The summed E-state index contributed by atoms with van der Waals surface area (Å²) in [5.41, 5.74) is 6.96. The van der Waals surface area contributed by atoms with E-state index in [-0.39, 0.29) is 0 Å². The van der Waals surface area contributed by atoms with Crippen molar-refractivity contribution in [3.05, 3.63) is 30.3 Å². The first kappa shape index (κ1) is 15.4. The summed E-state index contributed by atoms with van der Waals surface area (Å²) in [5, 5.41) is 0. The largest absolute Gasteiger partial charge is 0.494 e. The van der Waals surface area contributed by atoms with E-state index in [0.29, 0.717) is 10.8 Å². The fourth-order valence-electron chi connectivity index (χ4n) is 3.17. The van der Waals surface area contributed by atoms with Crippen LogP contribution in [0.2, 0.25) is 0 Å². The Bertz CT molecular complexity index is 389. The fourth-order valence-corrected chi connectivity index (χ4v) is 3.17. The lowest BCUT2D eigenvalue weighted by Crippen LogP contribution is -2.37. The number of hydrogen-bond donors (Lipinski definition) is 1. The van der Waals surface area contributed by atoms with Gasteiger partial charge >= 0.3 is 0 Å². The van der Waals surface area contributed by atoms with Crippen LogP contribution in [0, 0.1) is 10.8 Å². The average molecular weight is 275 g/mol. The highest BCUT2D eigenvalue weighted by Crippen LogP contribution is 2.46. The van der Waals surface area contributed by atoms with Crippen LogP contribution in [0.1, 0.15) is 52.4 Å². The minimum absolute atomic E-state index is 0.371. The molecule has 1 aliphatic rings. The van der Waals surface area contributed by atoms with Crippen LogP contribution in [-0.2, 0) is 0 Å². The van der Waals surface area contributed by atoms with Gasteiger partial charge in [0.25, 0.3) is 0 Å². The molecular formula is C18H29NO. The first-order valence-electron chi connectivity index (χ1n) is 7.93. The smallest absolute Gasteiger partial charge is 0.119 e. The van der Waals surface area contributed by atoms with Gasteiger partial charge in [0.1, 0.15) is 5.75 Å². The Morgan fingerprint density at radius 3 is 2.30 bits per heavy atom. The third-order valence-corrected chi connectivity index (χ3v) is 4.96. The third kappa shape index (κ3) is 4.24. The van der Waals surface area contributed by atoms with Crippen molar-refractivity contribution in [2.45, 2.75) is 52.4 Å². The monoisotopic (exact) mass is 275 g/mol. The molecule has 2 nitrogen and oxygen atoms in total. The van der Waals surface area contributed by atoms with Gasteiger partial charge in [-0.15, -0.1) is 0 Å². The topological polar surface area (TPSA) is 35.2 Å². The molecule has 20 heavy (non-hydrogen) atoms. The number of ether oxygens (including phenoxy) is 1. The molecule has 112 valence electrons. The molecule has 0 aliphatic heterocycles. The summed E-state index contributed by atoms with van der Waals surface area (Å²) < 4.78 is 5.79. The van der Waals surface area contributed by atoms with Gasteiger partial charge in [-0.3, -0.25) is 0 Å². The van der Waals surface area contributed by atoms with E-state index in [1.54, 1.807) is 0 Å². The van der Waals surface area contributed by atoms with Gasteiger partial charge in [0, 0.05) is 0 Å². The van der Waals surface area contributed by atoms with Crippen molar-refractivity contribution in [1.82, 2.24) is 0 Å². The Hall–Kier alpha value is -1.02. The Kier molecular flexibility index (Phi) is 5.09. The molecule has 0 heterocycles. The number of rotatable bonds is 6. The molecule has 0 aromatic heterocycles. The van der Waals surface area contributed by atoms with E-state index in [1.165, 1.54) is 32.1 Å². The lowest BCUT2D eigenvalue weighted by molar-refractivity contribution is 0.0926. The molecule has 1 aliphatic carbocycles.